The van der Waals surface area contributed by atoms with Gasteiger partial charge in [-0.25, -0.2) is 9.59 Å². The molecule has 2 saturated heterocycles. The maximum atomic E-state index is 11.2. The van der Waals surface area contributed by atoms with Crippen molar-refractivity contribution in [1.82, 2.24) is 10.6 Å². The van der Waals surface area contributed by atoms with Gasteiger partial charge >= 0.3 is 90.9 Å². The molecular formula is C76H165N5O34Si9. The van der Waals surface area contributed by atoms with Crippen LogP contribution in [-0.2, 0) is 153 Å². The van der Waals surface area contributed by atoms with Crippen LogP contribution in [0.5, 0.6) is 0 Å². The number of terminal acetylenes is 3. The van der Waals surface area contributed by atoms with Crippen LogP contribution in [0.4, 0.5) is 0 Å². The first kappa shape index (κ1) is 134. The lowest BCUT2D eigenvalue weighted by Gasteiger charge is -2.25. The zero-order valence-electron chi connectivity index (χ0n) is 80.1. The molecule has 0 aromatic heterocycles. The summed E-state index contributed by atoms with van der Waals surface area (Å²) in [4.78, 5) is 22.3. The van der Waals surface area contributed by atoms with E-state index in [1.165, 1.54) is 5.70 Å². The molecule has 3 atom stereocenters. The fourth-order valence-corrected chi connectivity index (χ4v) is 24.3. The Kier molecular flexibility index (Phi) is 93.1. The van der Waals surface area contributed by atoms with Gasteiger partial charge in [-0.05, 0) is 137 Å². The summed E-state index contributed by atoms with van der Waals surface area (Å²) < 4.78 is 167. The van der Waals surface area contributed by atoms with Gasteiger partial charge in [0.15, 0.2) is 0 Å². The molecule has 0 amide bonds. The Hall–Kier alpha value is -3.35. The average Bonchev–Trinajstić information content (AvgIpc) is 1.61. The molecule has 0 spiro atoms. The molecule has 0 radical (unpaired) electrons. The molecule has 39 nitrogen and oxygen atoms in total. The van der Waals surface area contributed by atoms with E-state index in [-0.39, 0.29) is 12.6 Å². The third-order valence-electron chi connectivity index (χ3n) is 16.8. The molecule has 0 aromatic carbocycles. The lowest BCUT2D eigenvalue weighted by atomic mass is 10.4. The minimum absolute atomic E-state index is 0.258. The fraction of sp³-hybridized carbons (Fsp3) is 0.789. The van der Waals surface area contributed by atoms with Gasteiger partial charge < -0.3 is 171 Å². The molecule has 0 saturated carbocycles. The van der Waals surface area contributed by atoms with E-state index in [0.29, 0.717) is 140 Å². The summed E-state index contributed by atoms with van der Waals surface area (Å²) in [6, 6.07) is 5.15. The highest BCUT2D eigenvalue weighted by atomic mass is 28.4. The van der Waals surface area contributed by atoms with Crippen molar-refractivity contribution in [3.63, 3.8) is 0 Å². The first-order valence-corrected chi connectivity index (χ1v) is 58.3. The molecule has 0 bridgehead atoms. The maximum Gasteiger partial charge on any atom is 0.603 e. The van der Waals surface area contributed by atoms with E-state index in [0.717, 1.165) is 82.6 Å². The predicted octanol–water partition coefficient (Wildman–Crippen LogP) is 7.32. The number of epoxide rings is 2. The van der Waals surface area contributed by atoms with Crippen LogP contribution >= 0.6 is 0 Å². The van der Waals surface area contributed by atoms with Gasteiger partial charge in [-0.2, -0.15) is 0 Å². The van der Waals surface area contributed by atoms with E-state index in [1.54, 1.807) is 148 Å². The van der Waals surface area contributed by atoms with Gasteiger partial charge in [0.05, 0.1) is 58.0 Å². The number of carbonyl (C=O) groups excluding carboxylic acids is 2. The molecule has 8 N–H and O–H groups in total. The average molecular weight is 1950 g/mol. The normalized spacial score (nSPS) is 13.9. The second-order valence-corrected chi connectivity index (χ2v) is 51.8. The summed E-state index contributed by atoms with van der Waals surface area (Å²) in [6.07, 6.45) is 28.1. The Morgan fingerprint density at radius 2 is 0.661 bits per heavy atom. The quantitative estimate of drug-likeness (QED) is 0.00757. The van der Waals surface area contributed by atoms with Gasteiger partial charge in [0.25, 0.3) is 0 Å². The van der Waals surface area contributed by atoms with E-state index in [1.807, 2.05) is 34.6 Å². The largest absolute Gasteiger partial charge is 0.603 e. The highest BCUT2D eigenvalue weighted by Gasteiger charge is 2.45. The molecule has 2 fully saturated rings. The zero-order valence-corrected chi connectivity index (χ0v) is 89.1. The van der Waals surface area contributed by atoms with Gasteiger partial charge in [0.2, 0.25) is 0 Å². The van der Waals surface area contributed by atoms with Crippen LogP contribution < -0.4 is 27.8 Å². The minimum atomic E-state index is -2.84. The highest BCUT2D eigenvalue weighted by molar-refractivity contribution is 6.67. The predicted molar refractivity (Wildman–Crippen MR) is 494 cm³/mol. The molecule has 3 unspecified atom stereocenters. The van der Waals surface area contributed by atoms with E-state index < -0.39 is 85.0 Å². The Bertz CT molecular complexity index is 2610. The lowest BCUT2D eigenvalue weighted by molar-refractivity contribution is -0.139. The number of rotatable bonds is 68. The second kappa shape index (κ2) is 86.4. The van der Waals surface area contributed by atoms with Gasteiger partial charge in [0.1, 0.15) is 12.2 Å². The van der Waals surface area contributed by atoms with Crippen molar-refractivity contribution in [2.24, 2.45) is 17.2 Å². The summed E-state index contributed by atoms with van der Waals surface area (Å²) >= 11 is 0. The van der Waals surface area contributed by atoms with Crippen molar-refractivity contribution in [3.8, 4) is 37.6 Å². The molecule has 2 aliphatic heterocycles. The number of hydrogen-bond acceptors (Lipinski definition) is 39. The second-order valence-electron chi connectivity index (χ2n) is 25.2. The number of nitrogens with one attached hydrogen (secondary N) is 2. The fourth-order valence-electron chi connectivity index (χ4n) is 9.43. The van der Waals surface area contributed by atoms with Crippen LogP contribution in [0.3, 0.4) is 0 Å². The van der Waals surface area contributed by atoms with Crippen LogP contribution in [0, 0.1) is 37.6 Å². The summed E-state index contributed by atoms with van der Waals surface area (Å²) in [7, 11) is 6.73. The number of carbonyl (C=O) groups is 2. The number of hydrogen-bond donors (Lipinski definition) is 5. The number of ether oxygens (including phenoxy) is 6. The summed E-state index contributed by atoms with van der Waals surface area (Å²) in [5, 5.41) is 6.08. The molecule has 0 aliphatic carbocycles. The maximum absolute atomic E-state index is 11.2. The number of nitrogens with two attached hydrogens (primary N) is 3. The van der Waals surface area contributed by atoms with Crippen molar-refractivity contribution < 1.29 is 153 Å². The zero-order chi connectivity index (χ0) is 96.2. The smallest absolute Gasteiger partial charge is 0.462 e. The van der Waals surface area contributed by atoms with Crippen LogP contribution in [0.2, 0.25) is 48.9 Å². The van der Waals surface area contributed by atoms with Crippen LogP contribution in [0.25, 0.3) is 0 Å². The first-order valence-electron chi connectivity index (χ1n) is 40.6. The van der Waals surface area contributed by atoms with Gasteiger partial charge in [-0.1, -0.05) is 45.6 Å². The van der Waals surface area contributed by atoms with Crippen LogP contribution in [-0.4, -0.2) is 350 Å². The van der Waals surface area contributed by atoms with Crippen LogP contribution in [0.1, 0.15) is 93.4 Å². The van der Waals surface area contributed by atoms with Crippen molar-refractivity contribution in [2.45, 2.75) is 154 Å². The Morgan fingerprint density at radius 3 is 0.911 bits per heavy atom. The van der Waals surface area contributed by atoms with Crippen molar-refractivity contribution >= 4 is 90.9 Å². The van der Waals surface area contributed by atoms with Crippen molar-refractivity contribution in [1.29, 1.82) is 0 Å². The standard InChI is InChI=1S/C13H22O5Si.C11H20O5Si.C10H20O5Si.C9H20O5Si.C8H14O3Si.C7H20N2O3Si.C7H20N2O2Si.C6H17NO3Si.C5H12O3Si/c1-6-16-19(17-7-2,18-8-3)11-9-10-15-13(14)12(4)5;1-4-15-17(12-3,16-5-2)8-6-7-13-9-11-10-14-11;1-9(2)10(11)15-7-6-8-16(12-3,13-4)14-5;1-10-15(11-2,12-3)6-4-5-13-7-9-8-14-9;1-5-9-12(8-4,10-6-2)11-7-3;1-10-13(11-2,12-3)6-4-5-9-7-8;1-10-12(3,11-2)6-4-5-9-7-8;1-8-11(9-2,10-3)6-4-5-7;1-5-9(6-2,7-3)8-4/h1H,4,7-11H2,2-3,5H3;1,11H,5-10H2,2-3H3;1,6-8H2,2-5H3;9H,4-8H2,1-3H3;1,8H,4,6-7H2,2-3H3;9H,4-8H2,1-3H3;9H,4-8H2,1-3H3;4-7H2,1-3H3;5H,1H2,2-4H3. The molecular weight excluding hydrogens is 1780 g/mol. The topological polar surface area (TPSA) is 438 Å². The molecule has 48 heteroatoms. The molecule has 2 heterocycles. The van der Waals surface area contributed by atoms with E-state index in [9.17, 15) is 9.59 Å². The SMILES string of the molecule is C#CO[Si](C=C)(OCC)OCC.C#CO[Si](CCCOC(=O)C(=C)C)(OCC)OCC.C#CO[Si](CCCOCC1CO1)(OC)OCC.C=C(C)C(=O)OCCC[Si](OC)(OC)OC.C=C[Si](OC)(OC)OC.CO[Si](C)(CCCNCN)OC.CO[Si](CCCN)(OC)OC.CO[Si](CCCNCN)(OC)OC.CO[Si](CCCOCC1CO1)(OC)OC. The van der Waals surface area contributed by atoms with Gasteiger partial charge in [0, 0.05) is 235 Å². The van der Waals surface area contributed by atoms with Crippen molar-refractivity contribution in [3.05, 3.63) is 48.9 Å². The van der Waals surface area contributed by atoms with Crippen molar-refractivity contribution in [2.75, 3.05) is 247 Å². The molecule has 734 valence electrons. The van der Waals surface area contributed by atoms with E-state index >= 15 is 0 Å². The minimum Gasteiger partial charge on any atom is -0.462 e. The first-order chi connectivity index (χ1) is 59.2. The van der Waals surface area contributed by atoms with E-state index in [4.69, 9.17) is 180 Å². The van der Waals surface area contributed by atoms with Gasteiger partial charge in [-0.15, -0.1) is 0 Å². The third-order valence-corrected chi connectivity index (χ3v) is 41.2. The Morgan fingerprint density at radius 1 is 0.387 bits per heavy atom. The summed E-state index contributed by atoms with van der Waals surface area (Å²) in [6.45, 7) is 39.5. The Balaban J connectivity index is -0.000000250. The summed E-state index contributed by atoms with van der Waals surface area (Å²) in [5.41, 5.74) is 19.8. The summed E-state index contributed by atoms with van der Waals surface area (Å²) in [5.74, 6) is -0.780. The van der Waals surface area contributed by atoms with Gasteiger partial charge in [-0.3, -0.25) is 0 Å². The molecule has 0 aromatic rings. The molecule has 2 aliphatic rings. The molecule has 124 heavy (non-hydrogen) atoms. The monoisotopic (exact) mass is 1940 g/mol. The Labute approximate surface area is 755 Å². The highest BCUT2D eigenvalue weighted by Crippen LogP contribution is 2.23. The number of esters is 2. The van der Waals surface area contributed by atoms with E-state index in [2.05, 4.69) is 61.8 Å². The third kappa shape index (κ3) is 67.8. The molecule has 2 rings (SSSR count). The lowest BCUT2D eigenvalue weighted by Crippen LogP contribution is -2.44. The van der Waals surface area contributed by atoms with Crippen LogP contribution in [0.15, 0.2) is 48.9 Å².